The molecule has 6 nitrogen and oxygen atoms in total. The predicted octanol–water partition coefficient (Wildman–Crippen LogP) is 1.95. The lowest BCUT2D eigenvalue weighted by Crippen LogP contribution is -1.95. The van der Waals surface area contributed by atoms with E-state index in [0.717, 1.165) is 0 Å². The largest absolute Gasteiger partial charge is 0.475 e. The average molecular weight is 265 g/mol. The molecule has 0 amide bonds. The van der Waals surface area contributed by atoms with Gasteiger partial charge in [0.2, 0.25) is 5.76 Å². The first-order chi connectivity index (χ1) is 8.58. The molecule has 2 heterocycles. The molecule has 2 rings (SSSR count). The molecule has 0 unspecified atom stereocenters. The van der Waals surface area contributed by atoms with Crippen LogP contribution in [0.15, 0.2) is 27.9 Å². The van der Waals surface area contributed by atoms with Gasteiger partial charge in [-0.3, -0.25) is 0 Å². The van der Waals surface area contributed by atoms with E-state index in [4.69, 9.17) is 15.3 Å². The average Bonchev–Trinajstić information content (AvgIpc) is 2.70. The second-order valence-electron chi connectivity index (χ2n) is 3.57. The molecular weight excluding hydrogens is 254 g/mol. The number of nitrogen functional groups attached to an aromatic ring is 1. The Balaban J connectivity index is 2.09. The van der Waals surface area contributed by atoms with Gasteiger partial charge in [0.25, 0.3) is 0 Å². The number of carboxylic acids is 1. The van der Waals surface area contributed by atoms with Gasteiger partial charge in [-0.15, -0.1) is 0 Å². The van der Waals surface area contributed by atoms with Crippen molar-refractivity contribution in [3.63, 3.8) is 0 Å². The monoisotopic (exact) mass is 265 g/mol. The van der Waals surface area contributed by atoms with E-state index < -0.39 is 5.97 Å². The summed E-state index contributed by atoms with van der Waals surface area (Å²) in [6.45, 7) is 1.69. The maximum absolute atomic E-state index is 10.8. The number of carboxylic acid groups (broad SMARTS) is 1. The van der Waals surface area contributed by atoms with Crippen LogP contribution in [0.1, 0.15) is 21.9 Å². The van der Waals surface area contributed by atoms with Crippen molar-refractivity contribution in [1.29, 1.82) is 0 Å². The normalized spacial score (nSPS) is 10.5. The molecule has 0 spiro atoms. The fraction of sp³-hybridized carbons (Fsp3) is 0.182. The van der Waals surface area contributed by atoms with E-state index in [1.165, 1.54) is 18.0 Å². The summed E-state index contributed by atoms with van der Waals surface area (Å²) in [5.74, 6) is 0.279. The summed E-state index contributed by atoms with van der Waals surface area (Å²) in [6, 6.07) is 1.70. The van der Waals surface area contributed by atoms with Crippen molar-refractivity contribution in [2.45, 2.75) is 17.7 Å². The summed E-state index contributed by atoms with van der Waals surface area (Å²) in [5.41, 5.74) is 6.25. The number of hydrogen-bond acceptors (Lipinski definition) is 6. The molecule has 0 aliphatic heterocycles. The molecule has 0 aromatic carbocycles. The SMILES string of the molecule is Cc1cc(CSc2nccnc2N)oc1C(=O)O. The van der Waals surface area contributed by atoms with E-state index in [1.54, 1.807) is 19.2 Å². The Bertz CT molecular complexity index is 583. The Morgan fingerprint density at radius 3 is 2.83 bits per heavy atom. The molecule has 2 aromatic rings. The van der Waals surface area contributed by atoms with Gasteiger partial charge < -0.3 is 15.3 Å². The first kappa shape index (κ1) is 12.4. The quantitative estimate of drug-likeness (QED) is 0.814. The first-order valence-electron chi connectivity index (χ1n) is 5.10. The van der Waals surface area contributed by atoms with Crippen LogP contribution in [0.4, 0.5) is 5.82 Å². The van der Waals surface area contributed by atoms with E-state index >= 15 is 0 Å². The maximum atomic E-state index is 10.8. The van der Waals surface area contributed by atoms with Crippen LogP contribution in [0.3, 0.4) is 0 Å². The fourth-order valence-corrected chi connectivity index (χ4v) is 2.18. The first-order valence-corrected chi connectivity index (χ1v) is 6.08. The zero-order valence-electron chi connectivity index (χ0n) is 9.58. The maximum Gasteiger partial charge on any atom is 0.372 e. The Morgan fingerprint density at radius 2 is 2.22 bits per heavy atom. The molecule has 0 aliphatic carbocycles. The summed E-state index contributed by atoms with van der Waals surface area (Å²) in [7, 11) is 0. The van der Waals surface area contributed by atoms with Crippen molar-refractivity contribution < 1.29 is 14.3 Å². The smallest absolute Gasteiger partial charge is 0.372 e. The molecule has 2 aromatic heterocycles. The number of anilines is 1. The molecule has 18 heavy (non-hydrogen) atoms. The number of aryl methyl sites for hydroxylation is 1. The highest BCUT2D eigenvalue weighted by molar-refractivity contribution is 7.98. The molecule has 0 aliphatic rings. The minimum absolute atomic E-state index is 0.0299. The van der Waals surface area contributed by atoms with Gasteiger partial charge in [0.15, 0.2) is 5.82 Å². The number of thioether (sulfide) groups is 1. The molecule has 0 atom stereocenters. The van der Waals surface area contributed by atoms with Crippen molar-refractivity contribution >= 4 is 23.5 Å². The van der Waals surface area contributed by atoms with E-state index in [-0.39, 0.29) is 5.76 Å². The second kappa shape index (κ2) is 5.09. The van der Waals surface area contributed by atoms with Crippen LogP contribution in [0.25, 0.3) is 0 Å². The zero-order valence-corrected chi connectivity index (χ0v) is 10.4. The van der Waals surface area contributed by atoms with Crippen molar-refractivity contribution in [2.24, 2.45) is 0 Å². The van der Waals surface area contributed by atoms with Crippen LogP contribution < -0.4 is 5.73 Å². The topological polar surface area (TPSA) is 102 Å². The van der Waals surface area contributed by atoms with Gasteiger partial charge in [-0.2, -0.15) is 0 Å². The van der Waals surface area contributed by atoms with Crippen LogP contribution in [-0.2, 0) is 5.75 Å². The molecule has 0 radical (unpaired) electrons. The molecule has 0 saturated heterocycles. The van der Waals surface area contributed by atoms with Crippen LogP contribution >= 0.6 is 11.8 Å². The Morgan fingerprint density at radius 1 is 1.50 bits per heavy atom. The second-order valence-corrected chi connectivity index (χ2v) is 4.53. The third-order valence-corrected chi connectivity index (χ3v) is 3.22. The lowest BCUT2D eigenvalue weighted by atomic mass is 10.3. The molecule has 0 fully saturated rings. The molecule has 0 bridgehead atoms. The van der Waals surface area contributed by atoms with Gasteiger partial charge in [-0.05, 0) is 13.0 Å². The summed E-state index contributed by atoms with van der Waals surface area (Å²) >= 11 is 1.35. The summed E-state index contributed by atoms with van der Waals surface area (Å²) in [6.07, 6.45) is 3.06. The molecule has 0 saturated carbocycles. The van der Waals surface area contributed by atoms with E-state index in [9.17, 15) is 4.79 Å². The van der Waals surface area contributed by atoms with E-state index in [1.807, 2.05) is 0 Å². The van der Waals surface area contributed by atoms with Gasteiger partial charge in [0.1, 0.15) is 10.8 Å². The fourth-order valence-electron chi connectivity index (χ4n) is 1.42. The number of aromatic carboxylic acids is 1. The number of rotatable bonds is 4. The van der Waals surface area contributed by atoms with Gasteiger partial charge >= 0.3 is 5.97 Å². The van der Waals surface area contributed by atoms with E-state index in [2.05, 4.69) is 9.97 Å². The number of nitrogens with zero attached hydrogens (tertiary/aromatic N) is 2. The van der Waals surface area contributed by atoms with Gasteiger partial charge in [0, 0.05) is 18.0 Å². The number of carbonyl (C=O) groups is 1. The van der Waals surface area contributed by atoms with Crippen molar-refractivity contribution in [2.75, 3.05) is 5.73 Å². The lowest BCUT2D eigenvalue weighted by molar-refractivity contribution is 0.0659. The van der Waals surface area contributed by atoms with Crippen molar-refractivity contribution in [3.05, 3.63) is 35.5 Å². The zero-order chi connectivity index (χ0) is 13.1. The van der Waals surface area contributed by atoms with Crippen molar-refractivity contribution in [1.82, 2.24) is 9.97 Å². The van der Waals surface area contributed by atoms with Crippen molar-refractivity contribution in [3.8, 4) is 0 Å². The lowest BCUT2D eigenvalue weighted by Gasteiger charge is -2.00. The molecular formula is C11H11N3O3S. The molecule has 3 N–H and O–H groups in total. The Kier molecular flexibility index (Phi) is 3.52. The minimum atomic E-state index is -1.07. The predicted molar refractivity (Wildman–Crippen MR) is 66.4 cm³/mol. The molecule has 7 heteroatoms. The van der Waals surface area contributed by atoms with Gasteiger partial charge in [-0.1, -0.05) is 11.8 Å². The van der Waals surface area contributed by atoms with E-state index in [0.29, 0.717) is 27.9 Å². The Hall–Kier alpha value is -2.02. The number of aromatic nitrogens is 2. The summed E-state index contributed by atoms with van der Waals surface area (Å²) in [5, 5.41) is 9.47. The number of furan rings is 1. The minimum Gasteiger partial charge on any atom is -0.475 e. The third-order valence-electron chi connectivity index (χ3n) is 2.21. The number of nitrogens with two attached hydrogens (primary N) is 1. The molecule has 94 valence electrons. The standard InChI is InChI=1S/C11H11N3O3S/c1-6-4-7(17-8(6)11(15)16)5-18-10-9(12)13-2-3-14-10/h2-4H,5H2,1H3,(H2,12,13)(H,15,16). The summed E-state index contributed by atoms with van der Waals surface area (Å²) in [4.78, 5) is 18.8. The number of hydrogen-bond donors (Lipinski definition) is 2. The Labute approximate surface area is 107 Å². The highest BCUT2D eigenvalue weighted by atomic mass is 32.2. The van der Waals surface area contributed by atoms with Gasteiger partial charge in [0.05, 0.1) is 5.75 Å². The van der Waals surface area contributed by atoms with Gasteiger partial charge in [-0.25, -0.2) is 14.8 Å². The van der Waals surface area contributed by atoms with Crippen LogP contribution in [0, 0.1) is 6.92 Å². The highest BCUT2D eigenvalue weighted by Crippen LogP contribution is 2.26. The van der Waals surface area contributed by atoms with Crippen LogP contribution in [-0.4, -0.2) is 21.0 Å². The van der Waals surface area contributed by atoms with Crippen LogP contribution in [0.5, 0.6) is 0 Å². The highest BCUT2D eigenvalue weighted by Gasteiger charge is 2.14. The van der Waals surface area contributed by atoms with Crippen LogP contribution in [0.2, 0.25) is 0 Å². The summed E-state index contributed by atoms with van der Waals surface area (Å²) < 4.78 is 5.23. The third kappa shape index (κ3) is 2.62.